The van der Waals surface area contributed by atoms with E-state index in [1.54, 1.807) is 0 Å². The molecule has 0 saturated carbocycles. The summed E-state index contributed by atoms with van der Waals surface area (Å²) in [5.74, 6) is 0.825. The van der Waals surface area contributed by atoms with Gasteiger partial charge in [-0.25, -0.2) is 0 Å². The van der Waals surface area contributed by atoms with Crippen molar-refractivity contribution in [2.24, 2.45) is 5.92 Å². The maximum Gasteiger partial charge on any atom is 0.0270 e. The Morgan fingerprint density at radius 1 is 1.28 bits per heavy atom. The van der Waals surface area contributed by atoms with Crippen molar-refractivity contribution in [2.75, 3.05) is 33.2 Å². The van der Waals surface area contributed by atoms with E-state index in [2.05, 4.69) is 34.4 Å². The number of likely N-dealkylation sites (tertiary alicyclic amines) is 1. The fourth-order valence-corrected chi connectivity index (χ4v) is 3.79. The molecule has 2 fully saturated rings. The van der Waals surface area contributed by atoms with Crippen molar-refractivity contribution in [3.63, 3.8) is 0 Å². The number of piperidine rings is 1. The normalized spacial score (nSPS) is 30.7. The van der Waals surface area contributed by atoms with Crippen LogP contribution >= 0.6 is 0 Å². The number of hydrogen-bond donors (Lipinski definition) is 1. The van der Waals surface area contributed by atoms with Gasteiger partial charge in [-0.05, 0) is 69.6 Å². The van der Waals surface area contributed by atoms with Gasteiger partial charge in [0.15, 0.2) is 0 Å². The summed E-state index contributed by atoms with van der Waals surface area (Å²) in [6, 6.07) is 4.46. The van der Waals surface area contributed by atoms with Crippen LogP contribution in [-0.2, 0) is 5.41 Å². The van der Waals surface area contributed by atoms with Crippen molar-refractivity contribution in [1.82, 2.24) is 15.2 Å². The molecular weight excluding hydrogens is 222 g/mol. The van der Waals surface area contributed by atoms with Crippen LogP contribution in [0, 0.1) is 5.92 Å². The van der Waals surface area contributed by atoms with Crippen LogP contribution in [0.1, 0.15) is 24.8 Å². The third-order valence-electron chi connectivity index (χ3n) is 4.94. The lowest BCUT2D eigenvalue weighted by atomic mass is 9.66. The van der Waals surface area contributed by atoms with Crippen molar-refractivity contribution < 1.29 is 0 Å². The lowest BCUT2D eigenvalue weighted by molar-refractivity contribution is 0.153. The molecule has 1 atom stereocenters. The molecule has 1 N–H and O–H groups in total. The monoisotopic (exact) mass is 245 g/mol. The number of nitrogens with zero attached hydrogens (tertiary/aromatic N) is 2. The second-order valence-corrected chi connectivity index (χ2v) is 5.90. The average molecular weight is 245 g/mol. The maximum atomic E-state index is 4.18. The van der Waals surface area contributed by atoms with Crippen LogP contribution in [-0.4, -0.2) is 43.1 Å². The van der Waals surface area contributed by atoms with Gasteiger partial charge in [0, 0.05) is 24.4 Å². The summed E-state index contributed by atoms with van der Waals surface area (Å²) in [5, 5.41) is 3.59. The summed E-state index contributed by atoms with van der Waals surface area (Å²) in [5.41, 5.74) is 1.86. The van der Waals surface area contributed by atoms with Crippen LogP contribution in [0.5, 0.6) is 0 Å². The molecule has 3 heteroatoms. The molecular formula is C15H23N3. The largest absolute Gasteiger partial charge is 0.316 e. The molecule has 2 saturated heterocycles. The van der Waals surface area contributed by atoms with E-state index in [0.717, 1.165) is 19.0 Å². The molecule has 0 radical (unpaired) electrons. The smallest absolute Gasteiger partial charge is 0.0270 e. The van der Waals surface area contributed by atoms with E-state index in [4.69, 9.17) is 0 Å². The molecule has 0 aliphatic carbocycles. The van der Waals surface area contributed by atoms with Crippen LogP contribution in [0.4, 0.5) is 0 Å². The van der Waals surface area contributed by atoms with Gasteiger partial charge in [-0.1, -0.05) is 0 Å². The van der Waals surface area contributed by atoms with E-state index in [1.165, 1.54) is 37.9 Å². The van der Waals surface area contributed by atoms with Gasteiger partial charge in [-0.15, -0.1) is 0 Å². The first-order valence-electron chi connectivity index (χ1n) is 7.11. The molecule has 3 nitrogen and oxygen atoms in total. The lowest BCUT2D eigenvalue weighted by Gasteiger charge is -2.42. The third kappa shape index (κ3) is 2.06. The molecule has 98 valence electrons. The van der Waals surface area contributed by atoms with Gasteiger partial charge >= 0.3 is 0 Å². The highest BCUT2D eigenvalue weighted by atomic mass is 15.1. The number of nitrogens with one attached hydrogen (secondary N) is 1. The minimum absolute atomic E-state index is 0.365. The molecule has 3 rings (SSSR count). The van der Waals surface area contributed by atoms with Gasteiger partial charge in [0.25, 0.3) is 0 Å². The fourth-order valence-electron chi connectivity index (χ4n) is 3.79. The molecule has 1 aromatic heterocycles. The zero-order valence-electron chi connectivity index (χ0n) is 11.2. The quantitative estimate of drug-likeness (QED) is 0.859. The fraction of sp³-hybridized carbons (Fsp3) is 0.667. The minimum Gasteiger partial charge on any atom is -0.316 e. The van der Waals surface area contributed by atoms with Gasteiger partial charge in [-0.3, -0.25) is 4.98 Å². The predicted molar refractivity (Wildman–Crippen MR) is 73.6 cm³/mol. The van der Waals surface area contributed by atoms with Gasteiger partial charge in [0.2, 0.25) is 0 Å². The molecule has 0 spiro atoms. The molecule has 2 aliphatic rings. The summed E-state index contributed by atoms with van der Waals surface area (Å²) < 4.78 is 0. The minimum atomic E-state index is 0.365. The molecule has 18 heavy (non-hydrogen) atoms. The van der Waals surface area contributed by atoms with Crippen LogP contribution in [0.2, 0.25) is 0 Å². The standard InChI is InChI=1S/C15H23N3/c1-18-10-4-14(5-11-18)15(6-9-17-12-15)13-2-7-16-8-3-13/h2-3,7-8,14,17H,4-6,9-12H2,1H3. The molecule has 0 bridgehead atoms. The van der Waals surface area contributed by atoms with E-state index >= 15 is 0 Å². The second-order valence-electron chi connectivity index (χ2n) is 5.90. The van der Waals surface area contributed by atoms with E-state index < -0.39 is 0 Å². The third-order valence-corrected chi connectivity index (χ3v) is 4.94. The molecule has 3 heterocycles. The van der Waals surface area contributed by atoms with E-state index in [0.29, 0.717) is 5.41 Å². The molecule has 1 aromatic rings. The lowest BCUT2D eigenvalue weighted by Crippen LogP contribution is -2.43. The highest BCUT2D eigenvalue weighted by Crippen LogP contribution is 2.42. The number of rotatable bonds is 2. The summed E-state index contributed by atoms with van der Waals surface area (Å²) in [6.45, 7) is 4.80. The first-order valence-corrected chi connectivity index (χ1v) is 7.11. The zero-order chi connectivity index (χ0) is 12.4. The molecule has 2 aliphatic heterocycles. The van der Waals surface area contributed by atoms with Gasteiger partial charge in [0.05, 0.1) is 0 Å². The SMILES string of the molecule is CN1CCC(C2(c3ccncc3)CCNC2)CC1. The Bertz CT molecular complexity index is 376. The Balaban J connectivity index is 1.87. The highest BCUT2D eigenvalue weighted by molar-refractivity contribution is 5.27. The second kappa shape index (κ2) is 4.98. The first-order chi connectivity index (χ1) is 8.81. The van der Waals surface area contributed by atoms with Crippen molar-refractivity contribution in [3.8, 4) is 0 Å². The van der Waals surface area contributed by atoms with Gasteiger partial charge in [-0.2, -0.15) is 0 Å². The van der Waals surface area contributed by atoms with Crippen LogP contribution in [0.25, 0.3) is 0 Å². The number of pyridine rings is 1. The summed E-state index contributed by atoms with van der Waals surface area (Å²) in [4.78, 5) is 6.63. The van der Waals surface area contributed by atoms with Crippen molar-refractivity contribution >= 4 is 0 Å². The Hall–Kier alpha value is -0.930. The van der Waals surface area contributed by atoms with E-state index in [9.17, 15) is 0 Å². The van der Waals surface area contributed by atoms with Gasteiger partial charge in [0.1, 0.15) is 0 Å². The molecule has 0 amide bonds. The van der Waals surface area contributed by atoms with Crippen LogP contribution < -0.4 is 5.32 Å². The van der Waals surface area contributed by atoms with Crippen molar-refractivity contribution in [3.05, 3.63) is 30.1 Å². The first kappa shape index (κ1) is 12.1. The Labute approximate surface area is 110 Å². The summed E-state index contributed by atoms with van der Waals surface area (Å²) in [7, 11) is 2.24. The zero-order valence-corrected chi connectivity index (χ0v) is 11.2. The Morgan fingerprint density at radius 3 is 2.61 bits per heavy atom. The van der Waals surface area contributed by atoms with Crippen molar-refractivity contribution in [2.45, 2.75) is 24.7 Å². The summed E-state index contributed by atoms with van der Waals surface area (Å²) in [6.07, 6.45) is 7.85. The Morgan fingerprint density at radius 2 is 2.00 bits per heavy atom. The maximum absolute atomic E-state index is 4.18. The Kier molecular flexibility index (Phi) is 3.35. The molecule has 1 unspecified atom stereocenters. The number of hydrogen-bond acceptors (Lipinski definition) is 3. The molecule has 0 aromatic carbocycles. The van der Waals surface area contributed by atoms with Crippen LogP contribution in [0.15, 0.2) is 24.5 Å². The number of aromatic nitrogens is 1. The summed E-state index contributed by atoms with van der Waals surface area (Å²) >= 11 is 0. The van der Waals surface area contributed by atoms with Crippen LogP contribution in [0.3, 0.4) is 0 Å². The highest BCUT2D eigenvalue weighted by Gasteiger charge is 2.43. The van der Waals surface area contributed by atoms with E-state index in [-0.39, 0.29) is 0 Å². The van der Waals surface area contributed by atoms with Gasteiger partial charge < -0.3 is 10.2 Å². The van der Waals surface area contributed by atoms with E-state index in [1.807, 2.05) is 12.4 Å². The topological polar surface area (TPSA) is 28.2 Å². The average Bonchev–Trinajstić information content (AvgIpc) is 2.91. The van der Waals surface area contributed by atoms with Crippen molar-refractivity contribution in [1.29, 1.82) is 0 Å². The predicted octanol–water partition coefficient (Wildman–Crippen LogP) is 1.65.